The van der Waals surface area contributed by atoms with Crippen molar-refractivity contribution in [1.29, 1.82) is 0 Å². The van der Waals surface area contributed by atoms with Crippen molar-refractivity contribution in [2.24, 2.45) is 5.92 Å². The molecule has 12 heteroatoms. The fourth-order valence-corrected chi connectivity index (χ4v) is 2.56. The fraction of sp³-hybridized carbons (Fsp3) is 0.450. The molecular formula is C20H26N2O10. The minimum Gasteiger partial charge on any atom is -0.469 e. The average Bonchev–Trinajstić information content (AvgIpc) is 2.82. The highest BCUT2D eigenvalue weighted by atomic mass is 16.6. The number of carbonyl (C=O) groups is 5. The Hall–Kier alpha value is -3.67. The number of nitrogens with one attached hydrogen (secondary N) is 2. The molecule has 12 nitrogen and oxygen atoms in total. The molecule has 3 N–H and O–H groups in total. The molecule has 0 aromatic heterocycles. The van der Waals surface area contributed by atoms with E-state index in [2.05, 4.69) is 24.8 Å². The Bertz CT molecular complexity index is 799. The van der Waals surface area contributed by atoms with Crippen molar-refractivity contribution < 1.29 is 48.0 Å². The van der Waals surface area contributed by atoms with Crippen LogP contribution in [0.5, 0.6) is 0 Å². The number of alkyl carbamates (subject to hydrolysis) is 1. The lowest BCUT2D eigenvalue weighted by Gasteiger charge is -2.25. The summed E-state index contributed by atoms with van der Waals surface area (Å²) in [5.74, 6) is -5.39. The Kier molecular flexibility index (Phi) is 11.2. The van der Waals surface area contributed by atoms with Crippen molar-refractivity contribution in [3.8, 4) is 0 Å². The molecule has 0 aliphatic carbocycles. The maximum Gasteiger partial charge on any atom is 0.408 e. The van der Waals surface area contributed by atoms with Gasteiger partial charge < -0.3 is 34.7 Å². The molecule has 1 rings (SSSR count). The molecule has 0 unspecified atom stereocenters. The smallest absolute Gasteiger partial charge is 0.408 e. The van der Waals surface area contributed by atoms with Gasteiger partial charge in [-0.2, -0.15) is 0 Å². The van der Waals surface area contributed by atoms with E-state index in [1.165, 1.54) is 0 Å². The Morgan fingerprint density at radius 3 is 2.06 bits per heavy atom. The number of esters is 3. The Morgan fingerprint density at radius 1 is 0.906 bits per heavy atom. The highest BCUT2D eigenvalue weighted by molar-refractivity contribution is 5.93. The zero-order valence-corrected chi connectivity index (χ0v) is 17.9. The molecule has 1 aromatic carbocycles. The topological polar surface area (TPSA) is 167 Å². The summed E-state index contributed by atoms with van der Waals surface area (Å²) in [6.45, 7) is -0.930. The highest BCUT2D eigenvalue weighted by Crippen LogP contribution is 2.15. The van der Waals surface area contributed by atoms with Crippen LogP contribution in [-0.4, -0.2) is 75.0 Å². The van der Waals surface area contributed by atoms with E-state index in [0.29, 0.717) is 5.56 Å². The van der Waals surface area contributed by atoms with Crippen LogP contribution < -0.4 is 10.6 Å². The summed E-state index contributed by atoms with van der Waals surface area (Å²) in [4.78, 5) is 60.5. The van der Waals surface area contributed by atoms with Gasteiger partial charge in [-0.25, -0.2) is 9.59 Å². The molecule has 0 fully saturated rings. The second-order valence-corrected chi connectivity index (χ2v) is 6.36. The summed E-state index contributed by atoms with van der Waals surface area (Å²) < 4.78 is 18.7. The lowest BCUT2D eigenvalue weighted by Crippen LogP contribution is -2.56. The van der Waals surface area contributed by atoms with Gasteiger partial charge in [0, 0.05) is 0 Å². The Morgan fingerprint density at radius 2 is 1.53 bits per heavy atom. The minimum absolute atomic E-state index is 0.0826. The third-order valence-corrected chi connectivity index (χ3v) is 4.28. The van der Waals surface area contributed by atoms with Crippen LogP contribution >= 0.6 is 0 Å². The number of aliphatic hydroxyl groups excluding tert-OH is 1. The van der Waals surface area contributed by atoms with Gasteiger partial charge in [0.15, 0.2) is 0 Å². The number of hydrogen-bond donors (Lipinski definition) is 3. The summed E-state index contributed by atoms with van der Waals surface area (Å²) in [5, 5.41) is 13.8. The van der Waals surface area contributed by atoms with Gasteiger partial charge in [0.2, 0.25) is 5.91 Å². The number of rotatable bonds is 11. The number of carbonyl (C=O) groups excluding carboxylic acids is 5. The van der Waals surface area contributed by atoms with Gasteiger partial charge >= 0.3 is 24.0 Å². The number of amides is 2. The highest BCUT2D eigenvalue weighted by Gasteiger charge is 2.39. The van der Waals surface area contributed by atoms with Crippen LogP contribution in [0.25, 0.3) is 0 Å². The van der Waals surface area contributed by atoms with Crippen LogP contribution in [0.4, 0.5) is 4.79 Å². The monoisotopic (exact) mass is 454 g/mol. The van der Waals surface area contributed by atoms with Crippen molar-refractivity contribution in [3.05, 3.63) is 35.9 Å². The predicted molar refractivity (Wildman–Crippen MR) is 107 cm³/mol. The van der Waals surface area contributed by atoms with E-state index in [4.69, 9.17) is 4.74 Å². The normalized spacial score (nSPS) is 13.0. The van der Waals surface area contributed by atoms with Crippen LogP contribution in [0, 0.1) is 5.92 Å². The Labute approximate surface area is 184 Å². The minimum atomic E-state index is -1.66. The van der Waals surface area contributed by atoms with Gasteiger partial charge in [-0.15, -0.1) is 0 Å². The molecule has 3 atom stereocenters. The molecular weight excluding hydrogens is 428 g/mol. The summed E-state index contributed by atoms with van der Waals surface area (Å²) in [5.41, 5.74) is 0.696. The van der Waals surface area contributed by atoms with Crippen molar-refractivity contribution in [3.63, 3.8) is 0 Å². The predicted octanol–water partition coefficient (Wildman–Crippen LogP) is -0.716. The first-order chi connectivity index (χ1) is 15.3. The first kappa shape index (κ1) is 26.4. The second-order valence-electron chi connectivity index (χ2n) is 6.36. The summed E-state index contributed by atoms with van der Waals surface area (Å²) >= 11 is 0. The molecule has 1 aromatic rings. The maximum absolute atomic E-state index is 12.6. The molecule has 0 saturated carbocycles. The fourth-order valence-electron chi connectivity index (χ4n) is 2.56. The van der Waals surface area contributed by atoms with Gasteiger partial charge in [0.1, 0.15) is 18.7 Å². The van der Waals surface area contributed by atoms with Crippen molar-refractivity contribution in [2.75, 3.05) is 27.9 Å². The molecule has 0 spiro atoms. The first-order valence-corrected chi connectivity index (χ1v) is 9.38. The van der Waals surface area contributed by atoms with Crippen molar-refractivity contribution >= 4 is 29.9 Å². The molecule has 0 radical (unpaired) electrons. The zero-order valence-electron chi connectivity index (χ0n) is 17.9. The van der Waals surface area contributed by atoms with Crippen molar-refractivity contribution in [2.45, 2.75) is 25.1 Å². The van der Waals surface area contributed by atoms with E-state index in [0.717, 1.165) is 21.3 Å². The number of hydrogen-bond acceptors (Lipinski definition) is 10. The number of ether oxygens (including phenoxy) is 4. The lowest BCUT2D eigenvalue weighted by atomic mass is 9.95. The van der Waals surface area contributed by atoms with Crippen LogP contribution in [0.15, 0.2) is 30.3 Å². The molecule has 0 aliphatic rings. The third-order valence-electron chi connectivity index (χ3n) is 4.28. The lowest BCUT2D eigenvalue weighted by molar-refractivity contribution is -0.159. The summed E-state index contributed by atoms with van der Waals surface area (Å²) in [6, 6.07) is 5.54. The standard InChI is InChI=1S/C20H26N2O10/c1-29-15(24)9-13(18(26)30-2)16(19(27)31-3)22-17(25)14(10-23)21-20(28)32-11-12-7-5-4-6-8-12/h4-8,13-14,16,23H,9-11H2,1-3H3,(H,21,28)(H,22,25)/t13-,14-,16-/m0/s1. The Balaban J connectivity index is 2.88. The van der Waals surface area contributed by atoms with E-state index < -0.39 is 60.9 Å². The second kappa shape index (κ2) is 13.6. The molecule has 0 aliphatic heterocycles. The third kappa shape index (κ3) is 8.22. The SMILES string of the molecule is COC(=O)C[C@H](C(=O)OC)[C@H](NC(=O)[C@H](CO)NC(=O)OCc1ccccc1)C(=O)OC. The largest absolute Gasteiger partial charge is 0.469 e. The van der Waals surface area contributed by atoms with Gasteiger partial charge in [-0.3, -0.25) is 14.4 Å². The quantitative estimate of drug-likeness (QED) is 0.287. The van der Waals surface area contributed by atoms with E-state index in [-0.39, 0.29) is 6.61 Å². The van der Waals surface area contributed by atoms with Gasteiger partial charge in [-0.05, 0) is 5.56 Å². The van der Waals surface area contributed by atoms with E-state index in [9.17, 15) is 29.1 Å². The van der Waals surface area contributed by atoms with Gasteiger partial charge in [-0.1, -0.05) is 30.3 Å². The van der Waals surface area contributed by atoms with Gasteiger partial charge in [0.05, 0.1) is 40.3 Å². The molecule has 32 heavy (non-hydrogen) atoms. The summed E-state index contributed by atoms with van der Waals surface area (Å²) in [7, 11) is 3.12. The number of aliphatic hydroxyl groups is 1. The molecule has 176 valence electrons. The molecule has 0 saturated heterocycles. The average molecular weight is 454 g/mol. The molecule has 2 amide bonds. The van der Waals surface area contributed by atoms with E-state index >= 15 is 0 Å². The van der Waals surface area contributed by atoms with Crippen molar-refractivity contribution in [1.82, 2.24) is 10.6 Å². The zero-order chi connectivity index (χ0) is 24.1. The van der Waals surface area contributed by atoms with E-state index in [1.807, 2.05) is 0 Å². The van der Waals surface area contributed by atoms with Crippen LogP contribution in [0.3, 0.4) is 0 Å². The van der Waals surface area contributed by atoms with Gasteiger partial charge in [0.25, 0.3) is 0 Å². The van der Waals surface area contributed by atoms with Crippen LogP contribution in [0.1, 0.15) is 12.0 Å². The molecule has 0 heterocycles. The van der Waals surface area contributed by atoms with Crippen LogP contribution in [0.2, 0.25) is 0 Å². The maximum atomic E-state index is 12.6. The number of benzene rings is 1. The summed E-state index contributed by atoms with van der Waals surface area (Å²) in [6.07, 6.45) is -1.60. The number of methoxy groups -OCH3 is 3. The first-order valence-electron chi connectivity index (χ1n) is 9.38. The van der Waals surface area contributed by atoms with E-state index in [1.54, 1.807) is 30.3 Å². The molecule has 0 bridgehead atoms. The van der Waals surface area contributed by atoms with Crippen LogP contribution in [-0.2, 0) is 44.7 Å².